The third-order valence-electron chi connectivity index (χ3n) is 5.59. The SMILES string of the molecule is Cc1ccc(NC(=O)c2coc(CN3CCN(CC(O)C(C)C)CC3)n2)cc1C. The maximum Gasteiger partial charge on any atom is 0.277 e. The molecule has 2 aromatic rings. The summed E-state index contributed by atoms with van der Waals surface area (Å²) in [6.45, 7) is 13.0. The van der Waals surface area contributed by atoms with Crippen LogP contribution in [0.2, 0.25) is 0 Å². The molecule has 158 valence electrons. The van der Waals surface area contributed by atoms with E-state index in [1.807, 2.05) is 45.9 Å². The first-order valence-corrected chi connectivity index (χ1v) is 10.3. The highest BCUT2D eigenvalue weighted by atomic mass is 16.3. The lowest BCUT2D eigenvalue weighted by Gasteiger charge is -2.35. The average Bonchev–Trinajstić information content (AvgIpc) is 3.15. The summed E-state index contributed by atoms with van der Waals surface area (Å²) in [5.41, 5.74) is 3.36. The van der Waals surface area contributed by atoms with Crippen LogP contribution in [0.1, 0.15) is 41.4 Å². The lowest BCUT2D eigenvalue weighted by molar-refractivity contribution is 0.0463. The van der Waals surface area contributed by atoms with Gasteiger partial charge in [0.05, 0.1) is 12.6 Å². The van der Waals surface area contributed by atoms with Gasteiger partial charge in [0.2, 0.25) is 5.89 Å². The van der Waals surface area contributed by atoms with Gasteiger partial charge in [0.1, 0.15) is 6.26 Å². The van der Waals surface area contributed by atoms with Crippen LogP contribution in [0.4, 0.5) is 5.69 Å². The summed E-state index contributed by atoms with van der Waals surface area (Å²) in [6.07, 6.45) is 1.13. The zero-order valence-electron chi connectivity index (χ0n) is 17.8. The molecule has 7 heteroatoms. The van der Waals surface area contributed by atoms with Crippen molar-refractivity contribution in [2.24, 2.45) is 5.92 Å². The number of piperazine rings is 1. The molecule has 0 saturated carbocycles. The molecule has 1 aliphatic rings. The van der Waals surface area contributed by atoms with Gasteiger partial charge >= 0.3 is 0 Å². The number of aromatic nitrogens is 1. The maximum absolute atomic E-state index is 12.4. The van der Waals surface area contributed by atoms with Crippen molar-refractivity contribution in [2.45, 2.75) is 40.3 Å². The maximum atomic E-state index is 12.4. The fourth-order valence-electron chi connectivity index (χ4n) is 3.30. The van der Waals surface area contributed by atoms with Crippen LogP contribution in [-0.2, 0) is 6.54 Å². The molecular formula is C22H32N4O3. The smallest absolute Gasteiger partial charge is 0.277 e. The molecule has 1 atom stereocenters. The van der Waals surface area contributed by atoms with E-state index in [9.17, 15) is 9.90 Å². The van der Waals surface area contributed by atoms with E-state index in [1.54, 1.807) is 0 Å². The summed E-state index contributed by atoms with van der Waals surface area (Å²) in [7, 11) is 0. The van der Waals surface area contributed by atoms with E-state index in [4.69, 9.17) is 4.42 Å². The highest BCUT2D eigenvalue weighted by Gasteiger charge is 2.22. The predicted octanol–water partition coefficient (Wildman–Crippen LogP) is 2.68. The van der Waals surface area contributed by atoms with E-state index >= 15 is 0 Å². The Labute approximate surface area is 172 Å². The molecule has 1 aliphatic heterocycles. The molecule has 3 rings (SSSR count). The molecule has 1 aromatic carbocycles. The summed E-state index contributed by atoms with van der Waals surface area (Å²) in [4.78, 5) is 21.3. The number of oxazole rings is 1. The van der Waals surface area contributed by atoms with Crippen LogP contribution in [0.3, 0.4) is 0 Å². The molecule has 0 radical (unpaired) electrons. The zero-order chi connectivity index (χ0) is 21.0. The number of hydrogen-bond donors (Lipinski definition) is 2. The van der Waals surface area contributed by atoms with Gasteiger partial charge in [-0.25, -0.2) is 4.98 Å². The van der Waals surface area contributed by atoms with Gasteiger partial charge in [-0.05, 0) is 43.0 Å². The van der Waals surface area contributed by atoms with Crippen molar-refractivity contribution in [3.8, 4) is 0 Å². The van der Waals surface area contributed by atoms with Gasteiger partial charge in [0, 0.05) is 38.4 Å². The largest absolute Gasteiger partial charge is 0.447 e. The number of carbonyl (C=O) groups is 1. The van der Waals surface area contributed by atoms with Crippen molar-refractivity contribution in [2.75, 3.05) is 38.0 Å². The number of carbonyl (C=O) groups excluding carboxylic acids is 1. The van der Waals surface area contributed by atoms with E-state index in [0.717, 1.165) is 37.4 Å². The Kier molecular flexibility index (Phi) is 7.05. The van der Waals surface area contributed by atoms with Crippen molar-refractivity contribution in [3.05, 3.63) is 47.2 Å². The quantitative estimate of drug-likeness (QED) is 0.744. The molecule has 1 unspecified atom stereocenters. The number of hydrogen-bond acceptors (Lipinski definition) is 6. The Morgan fingerprint density at radius 1 is 1.17 bits per heavy atom. The number of benzene rings is 1. The second-order valence-electron chi connectivity index (χ2n) is 8.27. The van der Waals surface area contributed by atoms with Crippen LogP contribution in [-0.4, -0.2) is 64.6 Å². The van der Waals surface area contributed by atoms with E-state index in [2.05, 4.69) is 20.1 Å². The van der Waals surface area contributed by atoms with Gasteiger partial charge in [-0.15, -0.1) is 0 Å². The molecule has 2 N–H and O–H groups in total. The first-order valence-electron chi connectivity index (χ1n) is 10.3. The minimum absolute atomic E-state index is 0.268. The number of anilines is 1. The molecule has 1 aromatic heterocycles. The molecule has 0 bridgehead atoms. The molecule has 1 amide bonds. The fourth-order valence-corrected chi connectivity index (χ4v) is 3.30. The lowest BCUT2D eigenvalue weighted by Crippen LogP contribution is -2.48. The van der Waals surface area contributed by atoms with Crippen LogP contribution in [0.5, 0.6) is 0 Å². The third-order valence-corrected chi connectivity index (χ3v) is 5.59. The number of aryl methyl sites for hydroxylation is 2. The standard InChI is InChI=1S/C22H32N4O3/c1-15(2)20(27)12-25-7-9-26(10-8-25)13-21-24-19(14-29-21)22(28)23-18-6-5-16(3)17(4)11-18/h5-6,11,14-15,20,27H,7-10,12-13H2,1-4H3,(H,23,28). The number of aliphatic hydroxyl groups is 1. The molecule has 1 saturated heterocycles. The minimum Gasteiger partial charge on any atom is -0.447 e. The Morgan fingerprint density at radius 3 is 2.52 bits per heavy atom. The topological polar surface area (TPSA) is 81.8 Å². The number of nitrogens with one attached hydrogen (secondary N) is 1. The third kappa shape index (κ3) is 5.88. The van der Waals surface area contributed by atoms with Crippen molar-refractivity contribution in [3.63, 3.8) is 0 Å². The average molecular weight is 401 g/mol. The Morgan fingerprint density at radius 2 is 1.86 bits per heavy atom. The van der Waals surface area contributed by atoms with Crippen LogP contribution in [0.25, 0.3) is 0 Å². The van der Waals surface area contributed by atoms with E-state index in [-0.39, 0.29) is 23.6 Å². The van der Waals surface area contributed by atoms with Gasteiger partial charge in [-0.1, -0.05) is 19.9 Å². The van der Waals surface area contributed by atoms with Crippen LogP contribution in [0, 0.1) is 19.8 Å². The van der Waals surface area contributed by atoms with Crippen molar-refractivity contribution >= 4 is 11.6 Å². The number of amides is 1. The van der Waals surface area contributed by atoms with Gasteiger partial charge < -0.3 is 14.8 Å². The molecular weight excluding hydrogens is 368 g/mol. The molecule has 29 heavy (non-hydrogen) atoms. The van der Waals surface area contributed by atoms with Gasteiger partial charge in [0.15, 0.2) is 5.69 Å². The van der Waals surface area contributed by atoms with Crippen LogP contribution < -0.4 is 5.32 Å². The summed E-state index contributed by atoms with van der Waals surface area (Å²) >= 11 is 0. The molecule has 0 spiro atoms. The number of rotatable bonds is 7. The summed E-state index contributed by atoms with van der Waals surface area (Å²) in [5, 5.41) is 12.9. The van der Waals surface area contributed by atoms with E-state index in [0.29, 0.717) is 19.0 Å². The van der Waals surface area contributed by atoms with Crippen molar-refractivity contribution < 1.29 is 14.3 Å². The Hall–Kier alpha value is -2.22. The van der Waals surface area contributed by atoms with Gasteiger partial charge in [-0.3, -0.25) is 14.6 Å². The summed E-state index contributed by atoms with van der Waals surface area (Å²) in [6, 6.07) is 5.82. The first kappa shape index (κ1) is 21.5. The predicted molar refractivity (Wildman–Crippen MR) is 113 cm³/mol. The van der Waals surface area contributed by atoms with Gasteiger partial charge in [-0.2, -0.15) is 0 Å². The summed E-state index contributed by atoms with van der Waals surface area (Å²) in [5.74, 6) is 0.551. The number of aliphatic hydroxyl groups excluding tert-OH is 1. The lowest BCUT2D eigenvalue weighted by atomic mass is 10.1. The van der Waals surface area contributed by atoms with E-state index < -0.39 is 0 Å². The zero-order valence-corrected chi connectivity index (χ0v) is 17.8. The number of β-amino-alcohol motifs (C(OH)–C–C–N with tert-alkyl or cyclic N) is 1. The van der Waals surface area contributed by atoms with Gasteiger partial charge in [0.25, 0.3) is 5.91 Å². The van der Waals surface area contributed by atoms with Crippen LogP contribution in [0.15, 0.2) is 28.9 Å². The first-order chi connectivity index (χ1) is 13.8. The highest BCUT2D eigenvalue weighted by molar-refractivity contribution is 6.02. The minimum atomic E-state index is -0.285. The normalized spacial score (nSPS) is 16.9. The van der Waals surface area contributed by atoms with Crippen LogP contribution >= 0.6 is 0 Å². The second kappa shape index (κ2) is 9.52. The van der Waals surface area contributed by atoms with Crippen molar-refractivity contribution in [1.82, 2.24) is 14.8 Å². The molecule has 7 nitrogen and oxygen atoms in total. The second-order valence-corrected chi connectivity index (χ2v) is 8.27. The van der Waals surface area contributed by atoms with E-state index in [1.165, 1.54) is 11.8 Å². The van der Waals surface area contributed by atoms with Crippen molar-refractivity contribution in [1.29, 1.82) is 0 Å². The molecule has 0 aliphatic carbocycles. The molecule has 2 heterocycles. The monoisotopic (exact) mass is 400 g/mol. The summed E-state index contributed by atoms with van der Waals surface area (Å²) < 4.78 is 5.52. The Bertz CT molecular complexity index is 825. The Balaban J connectivity index is 1.49. The molecule has 1 fully saturated rings. The fraction of sp³-hybridized carbons (Fsp3) is 0.545. The number of nitrogens with zero attached hydrogens (tertiary/aromatic N) is 3. The highest BCUT2D eigenvalue weighted by Crippen LogP contribution is 2.16.